The Bertz CT molecular complexity index is 810. The first-order valence-electron chi connectivity index (χ1n) is 8.18. The van der Waals surface area contributed by atoms with E-state index in [0.717, 1.165) is 11.3 Å². The highest BCUT2D eigenvalue weighted by Gasteiger charge is 2.21. The predicted octanol–water partition coefficient (Wildman–Crippen LogP) is 3.05. The smallest absolute Gasteiger partial charge is 0.243 e. The van der Waals surface area contributed by atoms with Gasteiger partial charge in [-0.15, -0.1) is 11.3 Å². The molecule has 0 radical (unpaired) electrons. The molecule has 0 aliphatic rings. The molecule has 0 spiro atoms. The predicted molar refractivity (Wildman–Crippen MR) is 100 cm³/mol. The number of hydrogen-bond donors (Lipinski definition) is 1. The van der Waals surface area contributed by atoms with E-state index in [1.807, 2.05) is 26.2 Å². The van der Waals surface area contributed by atoms with Gasteiger partial charge in [0.05, 0.1) is 10.6 Å². The van der Waals surface area contributed by atoms with E-state index in [2.05, 4.69) is 10.3 Å². The van der Waals surface area contributed by atoms with Crippen LogP contribution in [0.2, 0.25) is 0 Å². The Labute approximate surface area is 153 Å². The maximum Gasteiger partial charge on any atom is 0.243 e. The standard InChI is InChI=1S/C17H23N3O3S2/c1-4-20(5-2)25(22,23)15-9-6-14(7-10-15)8-11-16(21)19-17-18-13(3)12-24-17/h6-7,9-10,12H,4-5,8,11H2,1-3H3,(H,18,19,21). The van der Waals surface area contributed by atoms with Crippen LogP contribution < -0.4 is 5.32 Å². The van der Waals surface area contributed by atoms with Gasteiger partial charge in [0.25, 0.3) is 0 Å². The molecule has 2 aromatic rings. The van der Waals surface area contributed by atoms with Gasteiger partial charge in [0.15, 0.2) is 5.13 Å². The molecule has 1 N–H and O–H groups in total. The van der Waals surface area contributed by atoms with Gasteiger partial charge in [0.2, 0.25) is 15.9 Å². The molecule has 0 unspecified atom stereocenters. The minimum Gasteiger partial charge on any atom is -0.302 e. The molecule has 0 fully saturated rings. The minimum absolute atomic E-state index is 0.103. The number of carbonyl (C=O) groups is 1. The van der Waals surface area contributed by atoms with E-state index in [1.165, 1.54) is 15.6 Å². The lowest BCUT2D eigenvalue weighted by Crippen LogP contribution is -2.30. The molecule has 25 heavy (non-hydrogen) atoms. The van der Waals surface area contributed by atoms with Crippen LogP contribution >= 0.6 is 11.3 Å². The summed E-state index contributed by atoms with van der Waals surface area (Å²) in [4.78, 5) is 16.4. The van der Waals surface area contributed by atoms with E-state index in [0.29, 0.717) is 31.1 Å². The van der Waals surface area contributed by atoms with E-state index in [1.54, 1.807) is 24.3 Å². The zero-order valence-corrected chi connectivity index (χ0v) is 16.3. The van der Waals surface area contributed by atoms with Gasteiger partial charge in [0, 0.05) is 24.9 Å². The van der Waals surface area contributed by atoms with E-state index >= 15 is 0 Å². The molecule has 0 aliphatic carbocycles. The summed E-state index contributed by atoms with van der Waals surface area (Å²) in [5.41, 5.74) is 1.80. The molecule has 6 nitrogen and oxygen atoms in total. The van der Waals surface area contributed by atoms with Crippen LogP contribution in [0.15, 0.2) is 34.5 Å². The maximum atomic E-state index is 12.4. The largest absolute Gasteiger partial charge is 0.302 e. The summed E-state index contributed by atoms with van der Waals surface area (Å²) in [6.45, 7) is 6.39. The van der Waals surface area contributed by atoms with Gasteiger partial charge in [-0.05, 0) is 31.0 Å². The molecule has 1 amide bonds. The van der Waals surface area contributed by atoms with Crippen molar-refractivity contribution in [3.8, 4) is 0 Å². The molecule has 0 atom stereocenters. The van der Waals surface area contributed by atoms with Crippen LogP contribution in [0.3, 0.4) is 0 Å². The highest BCUT2D eigenvalue weighted by atomic mass is 32.2. The molecule has 0 saturated carbocycles. The molecule has 8 heteroatoms. The van der Waals surface area contributed by atoms with Crippen molar-refractivity contribution >= 4 is 32.4 Å². The molecule has 0 aliphatic heterocycles. The monoisotopic (exact) mass is 381 g/mol. The number of carbonyl (C=O) groups excluding carboxylic acids is 1. The number of aromatic nitrogens is 1. The lowest BCUT2D eigenvalue weighted by atomic mass is 10.1. The topological polar surface area (TPSA) is 79.4 Å². The second-order valence-electron chi connectivity index (χ2n) is 5.58. The van der Waals surface area contributed by atoms with Gasteiger partial charge >= 0.3 is 0 Å². The summed E-state index contributed by atoms with van der Waals surface area (Å²) in [7, 11) is -3.44. The normalized spacial score (nSPS) is 11.7. The molecule has 0 bridgehead atoms. The molecule has 1 aromatic carbocycles. The average Bonchev–Trinajstić information content (AvgIpc) is 2.99. The Balaban J connectivity index is 1.95. The molecule has 0 saturated heterocycles. The Morgan fingerprint density at radius 2 is 1.84 bits per heavy atom. The van der Waals surface area contributed by atoms with Crippen molar-refractivity contribution in [2.45, 2.75) is 38.5 Å². The van der Waals surface area contributed by atoms with Crippen molar-refractivity contribution in [1.82, 2.24) is 9.29 Å². The maximum absolute atomic E-state index is 12.4. The summed E-state index contributed by atoms with van der Waals surface area (Å²) >= 11 is 1.40. The van der Waals surface area contributed by atoms with Crippen LogP contribution in [0.1, 0.15) is 31.5 Å². The Hall–Kier alpha value is -1.77. The van der Waals surface area contributed by atoms with E-state index < -0.39 is 10.0 Å². The lowest BCUT2D eigenvalue weighted by molar-refractivity contribution is -0.116. The van der Waals surface area contributed by atoms with Crippen molar-refractivity contribution in [2.75, 3.05) is 18.4 Å². The van der Waals surface area contributed by atoms with Gasteiger partial charge in [-0.25, -0.2) is 13.4 Å². The molecule has 136 valence electrons. The van der Waals surface area contributed by atoms with Gasteiger partial charge in [0.1, 0.15) is 0 Å². The van der Waals surface area contributed by atoms with E-state index in [9.17, 15) is 13.2 Å². The van der Waals surface area contributed by atoms with Crippen LogP contribution in [0.5, 0.6) is 0 Å². The Kier molecular flexibility index (Phi) is 6.69. The Morgan fingerprint density at radius 3 is 2.36 bits per heavy atom. The first-order chi connectivity index (χ1) is 11.9. The number of aryl methyl sites for hydroxylation is 2. The second-order valence-corrected chi connectivity index (χ2v) is 8.37. The number of nitrogens with one attached hydrogen (secondary N) is 1. The molecular weight excluding hydrogens is 358 g/mol. The summed E-state index contributed by atoms with van der Waals surface area (Å²) in [6, 6.07) is 6.73. The fourth-order valence-electron chi connectivity index (χ4n) is 2.39. The van der Waals surface area contributed by atoms with Crippen molar-refractivity contribution in [3.05, 3.63) is 40.9 Å². The zero-order valence-electron chi connectivity index (χ0n) is 14.7. The number of thiazole rings is 1. The third kappa shape index (κ3) is 5.10. The first-order valence-corrected chi connectivity index (χ1v) is 10.5. The molecule has 1 aromatic heterocycles. The second kappa shape index (κ2) is 8.55. The third-order valence-corrected chi connectivity index (χ3v) is 6.71. The van der Waals surface area contributed by atoms with E-state index in [4.69, 9.17) is 0 Å². The SMILES string of the molecule is CCN(CC)S(=O)(=O)c1ccc(CCC(=O)Nc2nc(C)cs2)cc1. The summed E-state index contributed by atoms with van der Waals surface area (Å²) in [6.07, 6.45) is 0.864. The fraction of sp³-hybridized carbons (Fsp3) is 0.412. The Morgan fingerprint density at radius 1 is 1.20 bits per heavy atom. The average molecular weight is 382 g/mol. The quantitative estimate of drug-likeness (QED) is 0.762. The lowest BCUT2D eigenvalue weighted by Gasteiger charge is -2.18. The fourth-order valence-corrected chi connectivity index (χ4v) is 4.55. The van der Waals surface area contributed by atoms with Gasteiger partial charge in [-0.2, -0.15) is 4.31 Å². The van der Waals surface area contributed by atoms with Crippen LogP contribution in [0.25, 0.3) is 0 Å². The highest BCUT2D eigenvalue weighted by molar-refractivity contribution is 7.89. The van der Waals surface area contributed by atoms with Crippen molar-refractivity contribution in [3.63, 3.8) is 0 Å². The molecule has 1 heterocycles. The van der Waals surface area contributed by atoms with Crippen LogP contribution in [0.4, 0.5) is 5.13 Å². The minimum atomic E-state index is -3.44. The number of benzene rings is 1. The van der Waals surface area contributed by atoms with Crippen molar-refractivity contribution < 1.29 is 13.2 Å². The summed E-state index contributed by atoms with van der Waals surface area (Å²) < 4.78 is 26.3. The number of amides is 1. The van der Waals surface area contributed by atoms with Crippen LogP contribution in [-0.2, 0) is 21.2 Å². The van der Waals surface area contributed by atoms with Crippen molar-refractivity contribution in [2.24, 2.45) is 0 Å². The van der Waals surface area contributed by atoms with Crippen molar-refractivity contribution in [1.29, 1.82) is 0 Å². The number of sulfonamides is 1. The first kappa shape index (κ1) is 19.6. The summed E-state index contributed by atoms with van der Waals surface area (Å²) in [5.74, 6) is -0.103. The highest BCUT2D eigenvalue weighted by Crippen LogP contribution is 2.18. The number of anilines is 1. The van der Waals surface area contributed by atoms with Crippen LogP contribution in [0, 0.1) is 6.92 Å². The zero-order chi connectivity index (χ0) is 18.4. The summed E-state index contributed by atoms with van der Waals surface area (Å²) in [5, 5.41) is 5.24. The van der Waals surface area contributed by atoms with Gasteiger partial charge < -0.3 is 5.32 Å². The number of nitrogens with zero attached hydrogens (tertiary/aromatic N) is 2. The molecular formula is C17H23N3O3S2. The third-order valence-electron chi connectivity index (χ3n) is 3.77. The number of rotatable bonds is 8. The van der Waals surface area contributed by atoms with Crippen LogP contribution in [-0.4, -0.2) is 36.7 Å². The molecule has 2 rings (SSSR count). The number of hydrogen-bond acceptors (Lipinski definition) is 5. The van der Waals surface area contributed by atoms with E-state index in [-0.39, 0.29) is 10.8 Å². The van der Waals surface area contributed by atoms with Gasteiger partial charge in [-0.1, -0.05) is 26.0 Å². The van der Waals surface area contributed by atoms with Gasteiger partial charge in [-0.3, -0.25) is 4.79 Å².